The van der Waals surface area contributed by atoms with E-state index < -0.39 is 29.6 Å². The standard InChI is InChI=1S/C28H30N2O5/c1-2-3-15-24(25(31)32)29-26(33)28(16-9-4-10-17-28)30-27(34)35-18-23-21-13-7-5-11-19(21)20-12-6-8-14-22(20)23/h5-8,11-14,23-24H,4,9-10,15-18H2,1H3,(H,29,33)(H,30,34)(H,31,32). The highest BCUT2D eigenvalue weighted by Gasteiger charge is 2.43. The van der Waals surface area contributed by atoms with E-state index in [-0.39, 0.29) is 18.9 Å². The molecule has 2 aliphatic rings. The van der Waals surface area contributed by atoms with Crippen LogP contribution in [0.1, 0.15) is 62.5 Å². The first kappa shape index (κ1) is 24.3. The summed E-state index contributed by atoms with van der Waals surface area (Å²) in [6, 6.07) is 15.0. The fraction of sp³-hybridized carbons (Fsp3) is 0.393. The van der Waals surface area contributed by atoms with Crippen LogP contribution in [-0.4, -0.2) is 41.3 Å². The molecule has 0 aromatic heterocycles. The number of alkyl carbamates (subject to hydrolysis) is 1. The Bertz CT molecular complexity index is 1130. The van der Waals surface area contributed by atoms with E-state index in [2.05, 4.69) is 34.6 Å². The number of ether oxygens (including phenoxy) is 1. The number of carboxylic acid groups (broad SMARTS) is 1. The zero-order chi connectivity index (χ0) is 24.8. The number of carboxylic acids is 1. The number of carbonyl (C=O) groups excluding carboxylic acids is 2. The topological polar surface area (TPSA) is 105 Å². The van der Waals surface area contributed by atoms with Gasteiger partial charge in [0, 0.05) is 12.3 Å². The van der Waals surface area contributed by atoms with Crippen molar-refractivity contribution < 1.29 is 24.2 Å². The number of aliphatic carboxylic acids is 1. The van der Waals surface area contributed by atoms with E-state index in [1.807, 2.05) is 36.4 Å². The second kappa shape index (κ2) is 10.6. The summed E-state index contributed by atoms with van der Waals surface area (Å²) in [7, 11) is 0. The second-order valence-corrected chi connectivity index (χ2v) is 9.09. The van der Waals surface area contributed by atoms with Crippen LogP contribution >= 0.6 is 0 Å². The van der Waals surface area contributed by atoms with Gasteiger partial charge in [0.05, 0.1) is 0 Å². The molecule has 0 radical (unpaired) electrons. The third-order valence-electron chi connectivity index (χ3n) is 6.91. The minimum atomic E-state index is -1.20. The molecule has 0 spiro atoms. The van der Waals surface area contributed by atoms with Gasteiger partial charge in [-0.05, 0) is 42.0 Å². The van der Waals surface area contributed by atoms with Crippen LogP contribution in [0.25, 0.3) is 11.1 Å². The predicted molar refractivity (Wildman–Crippen MR) is 132 cm³/mol. The summed E-state index contributed by atoms with van der Waals surface area (Å²) in [5.41, 5.74) is 3.28. The van der Waals surface area contributed by atoms with Gasteiger partial charge in [-0.1, -0.05) is 67.8 Å². The summed E-state index contributed by atoms with van der Waals surface area (Å²) in [6.45, 7) is 1.75. The van der Waals surface area contributed by atoms with Crippen molar-refractivity contribution in [2.24, 2.45) is 0 Å². The first-order valence-electron chi connectivity index (χ1n) is 12.0. The van der Waals surface area contributed by atoms with Crippen LogP contribution in [0.15, 0.2) is 48.5 Å². The fourth-order valence-corrected chi connectivity index (χ4v) is 5.09. The van der Waals surface area contributed by atoms with Crippen LogP contribution < -0.4 is 10.6 Å². The highest BCUT2D eigenvalue weighted by Crippen LogP contribution is 2.44. The average molecular weight is 475 g/mol. The third kappa shape index (κ3) is 5.17. The van der Waals surface area contributed by atoms with Gasteiger partial charge in [-0.2, -0.15) is 0 Å². The Hall–Kier alpha value is -3.79. The molecule has 1 unspecified atom stereocenters. The minimum Gasteiger partial charge on any atom is -0.480 e. The molecule has 4 rings (SSSR count). The van der Waals surface area contributed by atoms with Gasteiger partial charge in [-0.15, -0.1) is 11.8 Å². The molecule has 0 heterocycles. The Balaban J connectivity index is 1.46. The maximum Gasteiger partial charge on any atom is 0.408 e. The number of fused-ring (bicyclic) bond motifs is 3. The smallest absolute Gasteiger partial charge is 0.408 e. The molecule has 1 fully saturated rings. The monoisotopic (exact) mass is 474 g/mol. The highest BCUT2D eigenvalue weighted by molar-refractivity contribution is 5.93. The summed E-state index contributed by atoms with van der Waals surface area (Å²) in [5.74, 6) is 3.60. The van der Waals surface area contributed by atoms with Crippen LogP contribution in [0, 0.1) is 11.8 Å². The lowest BCUT2D eigenvalue weighted by Crippen LogP contribution is -2.62. The van der Waals surface area contributed by atoms with Gasteiger partial charge < -0.3 is 20.5 Å². The summed E-state index contributed by atoms with van der Waals surface area (Å²) >= 11 is 0. The molecule has 182 valence electrons. The summed E-state index contributed by atoms with van der Waals surface area (Å²) in [6.07, 6.45) is 2.63. The zero-order valence-electron chi connectivity index (χ0n) is 19.8. The van der Waals surface area contributed by atoms with Crippen molar-refractivity contribution >= 4 is 18.0 Å². The molecule has 7 heteroatoms. The van der Waals surface area contributed by atoms with Crippen molar-refractivity contribution in [1.82, 2.24) is 10.6 Å². The lowest BCUT2D eigenvalue weighted by molar-refractivity contribution is -0.143. The predicted octanol–water partition coefficient (Wildman–Crippen LogP) is 4.21. The molecule has 2 amide bonds. The molecule has 35 heavy (non-hydrogen) atoms. The SMILES string of the molecule is CC#CCC(NC(=O)C1(NC(=O)OCC2c3ccccc3-c3ccccc32)CCCCC1)C(=O)O. The number of carbonyl (C=O) groups is 3. The minimum absolute atomic E-state index is 0.00139. The molecule has 0 bridgehead atoms. The fourth-order valence-electron chi connectivity index (χ4n) is 5.09. The van der Waals surface area contributed by atoms with Crippen LogP contribution in [0.2, 0.25) is 0 Å². The van der Waals surface area contributed by atoms with Gasteiger partial charge in [-0.25, -0.2) is 9.59 Å². The summed E-state index contributed by atoms with van der Waals surface area (Å²) < 4.78 is 5.67. The Morgan fingerprint density at radius 1 is 1.03 bits per heavy atom. The van der Waals surface area contributed by atoms with Crippen LogP contribution in [0.4, 0.5) is 4.79 Å². The van der Waals surface area contributed by atoms with E-state index in [0.29, 0.717) is 12.8 Å². The van der Waals surface area contributed by atoms with Gasteiger partial charge in [0.2, 0.25) is 5.91 Å². The van der Waals surface area contributed by atoms with E-state index in [4.69, 9.17) is 4.74 Å². The molecule has 3 N–H and O–H groups in total. The molecule has 0 saturated heterocycles. The lowest BCUT2D eigenvalue weighted by Gasteiger charge is -2.36. The van der Waals surface area contributed by atoms with E-state index in [9.17, 15) is 19.5 Å². The normalized spacial score (nSPS) is 16.6. The van der Waals surface area contributed by atoms with E-state index in [0.717, 1.165) is 41.5 Å². The van der Waals surface area contributed by atoms with Gasteiger partial charge >= 0.3 is 12.1 Å². The van der Waals surface area contributed by atoms with Crippen molar-refractivity contribution in [3.8, 4) is 23.0 Å². The molecule has 7 nitrogen and oxygen atoms in total. The number of hydrogen-bond donors (Lipinski definition) is 3. The molecule has 1 atom stereocenters. The molecular weight excluding hydrogens is 444 g/mol. The second-order valence-electron chi connectivity index (χ2n) is 9.09. The van der Waals surface area contributed by atoms with Crippen molar-refractivity contribution in [3.63, 3.8) is 0 Å². The average Bonchev–Trinajstić information content (AvgIpc) is 3.19. The molecule has 1 saturated carbocycles. The van der Waals surface area contributed by atoms with E-state index in [1.54, 1.807) is 6.92 Å². The summed E-state index contributed by atoms with van der Waals surface area (Å²) in [5, 5.41) is 14.9. The molecule has 2 aromatic rings. The van der Waals surface area contributed by atoms with Crippen molar-refractivity contribution in [1.29, 1.82) is 0 Å². The maximum absolute atomic E-state index is 13.2. The van der Waals surface area contributed by atoms with Crippen LogP contribution in [0.5, 0.6) is 0 Å². The number of benzene rings is 2. The maximum atomic E-state index is 13.2. The number of nitrogens with one attached hydrogen (secondary N) is 2. The molecule has 2 aromatic carbocycles. The number of hydrogen-bond acceptors (Lipinski definition) is 4. The largest absolute Gasteiger partial charge is 0.480 e. The van der Waals surface area contributed by atoms with Gasteiger partial charge in [0.15, 0.2) is 0 Å². The van der Waals surface area contributed by atoms with Crippen molar-refractivity contribution in [2.45, 2.75) is 62.9 Å². The third-order valence-corrected chi connectivity index (χ3v) is 6.91. The summed E-state index contributed by atoms with van der Waals surface area (Å²) in [4.78, 5) is 37.8. The number of amides is 2. The first-order chi connectivity index (χ1) is 16.9. The van der Waals surface area contributed by atoms with E-state index in [1.165, 1.54) is 0 Å². The van der Waals surface area contributed by atoms with Crippen LogP contribution in [-0.2, 0) is 14.3 Å². The Labute approximate surface area is 205 Å². The Morgan fingerprint density at radius 3 is 2.20 bits per heavy atom. The van der Waals surface area contributed by atoms with Gasteiger partial charge in [-0.3, -0.25) is 4.79 Å². The van der Waals surface area contributed by atoms with Crippen molar-refractivity contribution in [3.05, 3.63) is 59.7 Å². The molecule has 0 aliphatic heterocycles. The zero-order valence-corrected chi connectivity index (χ0v) is 19.8. The Kier molecular flexibility index (Phi) is 7.40. The molecule has 2 aliphatic carbocycles. The van der Waals surface area contributed by atoms with Crippen LogP contribution in [0.3, 0.4) is 0 Å². The lowest BCUT2D eigenvalue weighted by atomic mass is 9.80. The number of rotatable bonds is 7. The van der Waals surface area contributed by atoms with Gasteiger partial charge in [0.1, 0.15) is 18.2 Å². The first-order valence-corrected chi connectivity index (χ1v) is 12.0. The Morgan fingerprint density at radius 2 is 1.63 bits per heavy atom. The van der Waals surface area contributed by atoms with Gasteiger partial charge in [0.25, 0.3) is 0 Å². The highest BCUT2D eigenvalue weighted by atomic mass is 16.5. The molecular formula is C28H30N2O5. The van der Waals surface area contributed by atoms with E-state index >= 15 is 0 Å². The van der Waals surface area contributed by atoms with Crippen molar-refractivity contribution in [2.75, 3.05) is 6.61 Å². The quantitative estimate of drug-likeness (QED) is 0.522.